The predicted octanol–water partition coefficient (Wildman–Crippen LogP) is 3.21. The van der Waals surface area contributed by atoms with Crippen molar-refractivity contribution >= 4 is 51.4 Å². The second-order valence-corrected chi connectivity index (χ2v) is 6.08. The van der Waals surface area contributed by atoms with Gasteiger partial charge in [0.1, 0.15) is 11.5 Å². The van der Waals surface area contributed by atoms with E-state index in [2.05, 4.69) is 45.7 Å². The Morgan fingerprint density at radius 1 is 1.00 bits per heavy atom. The minimum atomic E-state index is 0.799. The van der Waals surface area contributed by atoms with Crippen LogP contribution in [0.2, 0.25) is 0 Å². The summed E-state index contributed by atoms with van der Waals surface area (Å²) < 4.78 is 12.2. The molecule has 0 bridgehead atoms. The van der Waals surface area contributed by atoms with Crippen LogP contribution >= 0.6 is 45.7 Å². The topological polar surface area (TPSA) is 21.7 Å². The average Bonchev–Trinajstić information content (AvgIpc) is 2.16. The van der Waals surface area contributed by atoms with Crippen LogP contribution in [0.1, 0.15) is 0 Å². The second kappa shape index (κ2) is 5.08. The molecule has 0 N–H and O–H groups in total. The molecule has 0 radical (unpaired) electrons. The van der Waals surface area contributed by atoms with Gasteiger partial charge in [0.2, 0.25) is 0 Å². The van der Waals surface area contributed by atoms with E-state index in [1.807, 2.05) is 19.5 Å². The Morgan fingerprint density at radius 2 is 1.46 bits per heavy atom. The van der Waals surface area contributed by atoms with E-state index in [1.54, 1.807) is 14.2 Å². The fourth-order valence-corrected chi connectivity index (χ4v) is 1.45. The van der Waals surface area contributed by atoms with Crippen LogP contribution in [0.5, 0.6) is 11.5 Å². The van der Waals surface area contributed by atoms with Crippen LogP contribution < -0.4 is 10.8 Å². The van der Waals surface area contributed by atoms with Gasteiger partial charge in [-0.05, 0) is 0 Å². The Kier molecular flexibility index (Phi) is 4.36. The molecule has 0 fully saturated rings. The van der Waals surface area contributed by atoms with Gasteiger partial charge in [-0.1, -0.05) is 0 Å². The molecule has 1 aromatic rings. The van der Waals surface area contributed by atoms with Gasteiger partial charge in [-0.3, -0.25) is 1.33 Å². The van der Waals surface area contributed by atoms with Crippen LogP contribution in [0.4, 0.5) is 5.69 Å². The van der Waals surface area contributed by atoms with Crippen LogP contribution in [0.15, 0.2) is 18.2 Å². The van der Waals surface area contributed by atoms with Gasteiger partial charge >= 0.3 is 0 Å². The Hall–Kier alpha value is 0.0800. The molecule has 1 aromatic carbocycles. The Labute approximate surface area is 105 Å². The summed E-state index contributed by atoms with van der Waals surface area (Å²) in [6.07, 6.45) is 0. The number of rotatable bonds is 3. The number of anilines is 1. The molecule has 72 valence electrons. The Balaban J connectivity index is 3.07. The van der Waals surface area contributed by atoms with Crippen molar-refractivity contribution in [2.75, 3.05) is 15.5 Å². The Morgan fingerprint density at radius 3 is 1.77 bits per heavy atom. The first kappa shape index (κ1) is 11.2. The molecule has 13 heavy (non-hydrogen) atoms. The van der Waals surface area contributed by atoms with Crippen molar-refractivity contribution in [1.29, 1.82) is 0 Å². The van der Waals surface area contributed by atoms with Crippen molar-refractivity contribution in [1.82, 2.24) is 0 Å². The summed E-state index contributed by atoms with van der Waals surface area (Å²) in [4.78, 5) is 0. The van der Waals surface area contributed by atoms with Crippen LogP contribution in [0.25, 0.3) is 0 Å². The molecule has 0 spiro atoms. The van der Waals surface area contributed by atoms with Gasteiger partial charge < -0.3 is 9.47 Å². The van der Waals surface area contributed by atoms with E-state index in [9.17, 15) is 0 Å². The fraction of sp³-hybridized carbons (Fsp3) is 0.250. The number of ether oxygens (including phenoxy) is 2. The summed E-state index contributed by atoms with van der Waals surface area (Å²) in [6, 6.07) is 5.74. The first-order valence-corrected chi connectivity index (χ1v) is 5.45. The van der Waals surface area contributed by atoms with Crippen molar-refractivity contribution in [2.45, 2.75) is 0 Å². The van der Waals surface area contributed by atoms with Gasteiger partial charge in [0, 0.05) is 18.2 Å². The molecule has 0 heterocycles. The van der Waals surface area contributed by atoms with Crippen molar-refractivity contribution in [2.24, 2.45) is 0 Å². The van der Waals surface area contributed by atoms with Gasteiger partial charge in [0.05, 0.1) is 65.6 Å². The molecular formula is C8H9I2NO2. The lowest BCUT2D eigenvalue weighted by Gasteiger charge is -2.11. The molecule has 0 atom stereocenters. The largest absolute Gasteiger partial charge is 0.497 e. The maximum absolute atomic E-state index is 5.13. The average molecular weight is 405 g/mol. The van der Waals surface area contributed by atoms with E-state index >= 15 is 0 Å². The lowest BCUT2D eigenvalue weighted by atomic mass is 10.3. The molecule has 0 amide bonds. The first-order chi connectivity index (χ1) is 6.17. The van der Waals surface area contributed by atoms with E-state index in [0.717, 1.165) is 17.2 Å². The minimum Gasteiger partial charge on any atom is -0.497 e. The molecule has 0 saturated heterocycles. The molecule has 0 saturated carbocycles. The summed E-state index contributed by atoms with van der Waals surface area (Å²) in [5.74, 6) is 1.60. The van der Waals surface area contributed by atoms with Gasteiger partial charge in [-0.2, -0.15) is 0 Å². The second-order valence-electron chi connectivity index (χ2n) is 2.30. The molecule has 0 aliphatic heterocycles. The van der Waals surface area contributed by atoms with Crippen LogP contribution in [-0.2, 0) is 0 Å². The molecule has 0 unspecified atom stereocenters. The van der Waals surface area contributed by atoms with Crippen molar-refractivity contribution in [3.8, 4) is 11.5 Å². The molecular weight excluding hydrogens is 396 g/mol. The van der Waals surface area contributed by atoms with Crippen LogP contribution in [-0.4, -0.2) is 14.2 Å². The zero-order valence-corrected chi connectivity index (χ0v) is 11.6. The van der Waals surface area contributed by atoms with Crippen molar-refractivity contribution < 1.29 is 9.47 Å². The third kappa shape index (κ3) is 3.04. The summed E-state index contributed by atoms with van der Waals surface area (Å²) in [5.41, 5.74) is 1.04. The maximum atomic E-state index is 5.13. The summed E-state index contributed by atoms with van der Waals surface area (Å²) in [5, 5.41) is 0. The number of hydrogen-bond donors (Lipinski definition) is 0. The monoisotopic (exact) mass is 405 g/mol. The summed E-state index contributed by atoms with van der Waals surface area (Å²) in [6.45, 7) is 0. The number of nitrogens with zero attached hydrogens (tertiary/aromatic N) is 1. The molecule has 0 aromatic heterocycles. The lowest BCUT2D eigenvalue weighted by molar-refractivity contribution is 0.395. The highest BCUT2D eigenvalue weighted by Gasteiger charge is 2.04. The van der Waals surface area contributed by atoms with Crippen LogP contribution in [0.3, 0.4) is 0 Å². The first-order valence-electron chi connectivity index (χ1n) is 3.52. The predicted molar refractivity (Wildman–Crippen MR) is 70.1 cm³/mol. The number of hydrogen-bond acceptors (Lipinski definition) is 3. The number of benzene rings is 1. The fourth-order valence-electron chi connectivity index (χ4n) is 0.890. The van der Waals surface area contributed by atoms with Gasteiger partial charge in [-0.25, -0.2) is 0 Å². The van der Waals surface area contributed by atoms with E-state index in [-0.39, 0.29) is 0 Å². The number of halogens is 2. The summed E-state index contributed by atoms with van der Waals surface area (Å²) >= 11 is 4.37. The van der Waals surface area contributed by atoms with E-state index in [0.29, 0.717) is 0 Å². The Bertz CT molecular complexity index is 269. The molecule has 5 heteroatoms. The normalized spacial score (nSPS) is 9.54. The van der Waals surface area contributed by atoms with Gasteiger partial charge in [-0.15, -0.1) is 0 Å². The standard InChI is InChI=1S/C8H9I2NO2/c1-12-7-3-6(11(9)10)4-8(5-7)13-2/h3-5H,1-2H3. The highest BCUT2D eigenvalue weighted by Crippen LogP contribution is 2.31. The van der Waals surface area contributed by atoms with Gasteiger partial charge in [0.15, 0.2) is 0 Å². The third-order valence-electron chi connectivity index (χ3n) is 1.53. The van der Waals surface area contributed by atoms with Crippen LogP contribution in [0, 0.1) is 0 Å². The minimum absolute atomic E-state index is 0.799. The van der Waals surface area contributed by atoms with E-state index in [1.165, 1.54) is 0 Å². The lowest BCUT2D eigenvalue weighted by Crippen LogP contribution is -1.93. The maximum Gasteiger partial charge on any atom is 0.124 e. The third-order valence-corrected chi connectivity index (χ3v) is 2.65. The van der Waals surface area contributed by atoms with Crippen molar-refractivity contribution in [3.63, 3.8) is 0 Å². The van der Waals surface area contributed by atoms with Gasteiger partial charge in [0.25, 0.3) is 0 Å². The smallest absolute Gasteiger partial charge is 0.124 e. The highest BCUT2D eigenvalue weighted by atomic mass is 127. The number of methoxy groups -OCH3 is 2. The molecule has 0 aliphatic carbocycles. The SMILES string of the molecule is COc1cc(OC)cc(N(I)I)c1. The molecule has 0 aliphatic rings. The zero-order chi connectivity index (χ0) is 9.84. The van der Waals surface area contributed by atoms with Crippen molar-refractivity contribution in [3.05, 3.63) is 18.2 Å². The quantitative estimate of drug-likeness (QED) is 0.570. The van der Waals surface area contributed by atoms with E-state index in [4.69, 9.17) is 9.47 Å². The van der Waals surface area contributed by atoms with E-state index < -0.39 is 0 Å². The summed E-state index contributed by atoms with van der Waals surface area (Å²) in [7, 11) is 3.28. The molecule has 3 nitrogen and oxygen atoms in total. The highest BCUT2D eigenvalue weighted by molar-refractivity contribution is 14.2. The molecule has 1 rings (SSSR count). The zero-order valence-electron chi connectivity index (χ0n) is 7.25.